The Bertz CT molecular complexity index is 1360. The quantitative estimate of drug-likeness (QED) is 0.331. The van der Waals surface area contributed by atoms with Crippen molar-refractivity contribution in [3.8, 4) is 11.9 Å². The van der Waals surface area contributed by atoms with E-state index in [0.717, 1.165) is 15.8 Å². The number of nitrogens with one attached hydrogen (secondary N) is 2. The van der Waals surface area contributed by atoms with Crippen molar-refractivity contribution in [3.05, 3.63) is 77.7 Å². The predicted octanol–water partition coefficient (Wildman–Crippen LogP) is 4.05. The molecule has 0 aliphatic heterocycles. The molecule has 0 saturated carbocycles. The molecule has 8 nitrogen and oxygen atoms in total. The highest BCUT2D eigenvalue weighted by Crippen LogP contribution is 2.23. The summed E-state index contributed by atoms with van der Waals surface area (Å²) in [6, 6.07) is 15.7. The molecule has 0 aliphatic rings. The number of anilines is 1. The predicted molar refractivity (Wildman–Crippen MR) is 135 cm³/mol. The second-order valence-corrected chi connectivity index (χ2v) is 8.80. The lowest BCUT2D eigenvalue weighted by atomic mass is 10.1. The molecular weight excluding hydrogens is 446 g/mol. The molecule has 0 fully saturated rings. The van der Waals surface area contributed by atoms with E-state index in [9.17, 15) is 4.79 Å². The highest BCUT2D eigenvalue weighted by Gasteiger charge is 2.16. The number of nitrogens with two attached hydrogens (primary N) is 1. The van der Waals surface area contributed by atoms with E-state index in [4.69, 9.17) is 10.4 Å². The van der Waals surface area contributed by atoms with Crippen molar-refractivity contribution in [2.75, 3.05) is 11.9 Å². The molecule has 4 aromatic rings. The number of carbonyl (C=O) groups excluding carboxylic acids is 1. The fourth-order valence-electron chi connectivity index (χ4n) is 3.61. The minimum absolute atomic E-state index is 0.124. The van der Waals surface area contributed by atoms with Crippen LogP contribution in [0, 0.1) is 11.3 Å². The molecule has 3 heterocycles. The normalized spacial score (nSPS) is 10.9. The standard InChI is InChI=1S/C25H25N7OS/c1-16(2)31-22-12-23(32-10-8-19-11-18(13-26)14-30-24(19)32)29-15-21(22)25(33)28-9-7-17-3-5-20(34-27)6-4-17/h3-6,8,10-12,14-16H,7,9,27H2,1-2H3,(H,28,33)(H,29,31). The van der Waals surface area contributed by atoms with E-state index in [-0.39, 0.29) is 11.9 Å². The molecule has 0 radical (unpaired) electrons. The molecule has 9 heteroatoms. The van der Waals surface area contributed by atoms with Crippen LogP contribution in [0.3, 0.4) is 0 Å². The van der Waals surface area contributed by atoms with Crippen LogP contribution in [0.5, 0.6) is 0 Å². The summed E-state index contributed by atoms with van der Waals surface area (Å²) in [4.78, 5) is 22.9. The summed E-state index contributed by atoms with van der Waals surface area (Å²) in [5.74, 6) is 0.440. The zero-order chi connectivity index (χ0) is 24.1. The Balaban J connectivity index is 1.54. The Kier molecular flexibility index (Phi) is 7.11. The number of nitriles is 1. The van der Waals surface area contributed by atoms with E-state index >= 15 is 0 Å². The molecule has 4 rings (SSSR count). The van der Waals surface area contributed by atoms with Gasteiger partial charge in [-0.2, -0.15) is 5.26 Å². The van der Waals surface area contributed by atoms with Crippen LogP contribution in [0.4, 0.5) is 5.69 Å². The third-order valence-corrected chi connectivity index (χ3v) is 5.78. The van der Waals surface area contributed by atoms with Crippen LogP contribution >= 0.6 is 11.9 Å². The van der Waals surface area contributed by atoms with Crippen LogP contribution in [0.25, 0.3) is 16.9 Å². The van der Waals surface area contributed by atoms with Gasteiger partial charge in [-0.3, -0.25) is 14.5 Å². The number of carbonyl (C=O) groups is 1. The first kappa shape index (κ1) is 23.3. The summed E-state index contributed by atoms with van der Waals surface area (Å²) in [5.41, 5.74) is 3.49. The molecule has 0 bridgehead atoms. The summed E-state index contributed by atoms with van der Waals surface area (Å²) in [6.45, 7) is 4.53. The molecular formula is C25H25N7OS. The van der Waals surface area contributed by atoms with Crippen LogP contribution in [0.2, 0.25) is 0 Å². The van der Waals surface area contributed by atoms with Gasteiger partial charge in [-0.1, -0.05) is 12.1 Å². The third kappa shape index (κ3) is 5.20. The Morgan fingerprint density at radius 2 is 1.97 bits per heavy atom. The van der Waals surface area contributed by atoms with Crippen LogP contribution in [-0.4, -0.2) is 33.0 Å². The lowest BCUT2D eigenvalue weighted by molar-refractivity contribution is 0.0954. The Morgan fingerprint density at radius 3 is 2.68 bits per heavy atom. The van der Waals surface area contributed by atoms with Crippen molar-refractivity contribution in [3.63, 3.8) is 0 Å². The summed E-state index contributed by atoms with van der Waals surface area (Å²) >= 11 is 1.21. The molecule has 1 aromatic carbocycles. The third-order valence-electron chi connectivity index (χ3n) is 5.24. The number of pyridine rings is 2. The minimum Gasteiger partial charge on any atom is -0.382 e. The number of hydrogen-bond acceptors (Lipinski definition) is 7. The van der Waals surface area contributed by atoms with Gasteiger partial charge in [0.2, 0.25) is 0 Å². The van der Waals surface area contributed by atoms with Crippen molar-refractivity contribution in [2.45, 2.75) is 31.2 Å². The van der Waals surface area contributed by atoms with Crippen LogP contribution < -0.4 is 15.8 Å². The van der Waals surface area contributed by atoms with E-state index < -0.39 is 0 Å². The molecule has 3 aromatic heterocycles. The van der Waals surface area contributed by atoms with Crippen molar-refractivity contribution in [1.82, 2.24) is 19.9 Å². The van der Waals surface area contributed by atoms with E-state index in [1.165, 1.54) is 18.1 Å². The van der Waals surface area contributed by atoms with Gasteiger partial charge in [-0.25, -0.2) is 9.97 Å². The van der Waals surface area contributed by atoms with E-state index in [1.54, 1.807) is 12.3 Å². The van der Waals surface area contributed by atoms with Gasteiger partial charge < -0.3 is 10.6 Å². The van der Waals surface area contributed by atoms with Gasteiger partial charge >= 0.3 is 0 Å². The fraction of sp³-hybridized carbons (Fsp3) is 0.200. The highest BCUT2D eigenvalue weighted by molar-refractivity contribution is 7.97. The average molecular weight is 472 g/mol. The van der Waals surface area contributed by atoms with Crippen molar-refractivity contribution >= 4 is 34.6 Å². The molecule has 34 heavy (non-hydrogen) atoms. The summed E-state index contributed by atoms with van der Waals surface area (Å²) < 4.78 is 1.84. The van der Waals surface area contributed by atoms with Gasteiger partial charge in [0.1, 0.15) is 17.5 Å². The number of aromatic nitrogens is 3. The average Bonchev–Trinajstić information content (AvgIpc) is 3.27. The molecule has 172 valence electrons. The zero-order valence-electron chi connectivity index (χ0n) is 18.9. The molecule has 0 spiro atoms. The Labute approximate surface area is 202 Å². The maximum absolute atomic E-state index is 13.0. The van der Waals surface area contributed by atoms with Gasteiger partial charge in [0.25, 0.3) is 5.91 Å². The van der Waals surface area contributed by atoms with E-state index in [0.29, 0.717) is 41.2 Å². The van der Waals surface area contributed by atoms with Crippen LogP contribution in [0.1, 0.15) is 35.3 Å². The zero-order valence-corrected chi connectivity index (χ0v) is 19.8. The van der Waals surface area contributed by atoms with E-state index in [1.807, 2.05) is 61.0 Å². The molecule has 1 amide bonds. The second kappa shape index (κ2) is 10.4. The maximum Gasteiger partial charge on any atom is 0.254 e. The summed E-state index contributed by atoms with van der Waals surface area (Å²) in [5, 5.41) is 21.9. The number of hydrogen-bond donors (Lipinski definition) is 3. The second-order valence-electron chi connectivity index (χ2n) is 8.09. The summed E-state index contributed by atoms with van der Waals surface area (Å²) in [7, 11) is 0. The van der Waals surface area contributed by atoms with Gasteiger partial charge in [-0.05, 0) is 62.0 Å². The minimum atomic E-state index is -0.189. The largest absolute Gasteiger partial charge is 0.382 e. The van der Waals surface area contributed by atoms with Crippen LogP contribution in [-0.2, 0) is 6.42 Å². The molecule has 4 N–H and O–H groups in total. The lowest BCUT2D eigenvalue weighted by Gasteiger charge is -2.16. The molecule has 0 aliphatic carbocycles. The van der Waals surface area contributed by atoms with Crippen molar-refractivity contribution in [2.24, 2.45) is 5.14 Å². The summed E-state index contributed by atoms with van der Waals surface area (Å²) in [6.07, 6.45) is 5.69. The number of nitrogens with zero attached hydrogens (tertiary/aromatic N) is 4. The van der Waals surface area contributed by atoms with Gasteiger partial charge in [0.15, 0.2) is 0 Å². The first-order chi connectivity index (χ1) is 16.5. The fourth-order valence-corrected chi connectivity index (χ4v) is 3.90. The Hall–Kier alpha value is -3.87. The number of amides is 1. The monoisotopic (exact) mass is 471 g/mol. The SMILES string of the molecule is CC(C)Nc1cc(-n2ccc3cc(C#N)cnc32)ncc1C(=O)NCCc1ccc(SN)cc1. The Morgan fingerprint density at radius 1 is 1.18 bits per heavy atom. The number of benzene rings is 1. The van der Waals surface area contributed by atoms with Crippen LogP contribution in [0.15, 0.2) is 66.0 Å². The number of fused-ring (bicyclic) bond motifs is 1. The smallest absolute Gasteiger partial charge is 0.254 e. The topological polar surface area (TPSA) is 122 Å². The lowest BCUT2D eigenvalue weighted by Crippen LogP contribution is -2.27. The first-order valence-electron chi connectivity index (χ1n) is 10.9. The van der Waals surface area contributed by atoms with Crippen molar-refractivity contribution in [1.29, 1.82) is 5.26 Å². The molecule has 0 atom stereocenters. The molecule has 0 saturated heterocycles. The van der Waals surface area contributed by atoms with Gasteiger partial charge in [0, 0.05) is 47.5 Å². The first-order valence-corrected chi connectivity index (χ1v) is 11.7. The number of rotatable bonds is 8. The maximum atomic E-state index is 13.0. The van der Waals surface area contributed by atoms with Crippen molar-refractivity contribution < 1.29 is 4.79 Å². The molecule has 0 unspecified atom stereocenters. The highest BCUT2D eigenvalue weighted by atomic mass is 32.2. The van der Waals surface area contributed by atoms with E-state index in [2.05, 4.69) is 26.7 Å². The van der Waals surface area contributed by atoms with Gasteiger partial charge in [0.05, 0.1) is 16.8 Å². The van der Waals surface area contributed by atoms with Gasteiger partial charge in [-0.15, -0.1) is 0 Å².